The fourth-order valence-corrected chi connectivity index (χ4v) is 5.69. The van der Waals surface area contributed by atoms with Crippen molar-refractivity contribution >= 4 is 34.5 Å². The normalized spacial score (nSPS) is 15.4. The second-order valence-corrected chi connectivity index (χ2v) is 10.2. The Morgan fingerprint density at radius 3 is 2.83 bits per heavy atom. The number of carbonyl (C=O) groups excluding carboxylic acids is 1. The molecule has 1 atom stereocenters. The lowest BCUT2D eigenvalue weighted by Gasteiger charge is -2.26. The highest BCUT2D eigenvalue weighted by atomic mass is 35.5. The van der Waals surface area contributed by atoms with E-state index in [4.69, 9.17) is 26.8 Å². The first-order chi connectivity index (χ1) is 17.0. The second kappa shape index (κ2) is 10.4. The van der Waals surface area contributed by atoms with E-state index in [0.717, 1.165) is 59.5 Å². The lowest BCUT2D eigenvalue weighted by molar-refractivity contribution is -0.117. The van der Waals surface area contributed by atoms with E-state index < -0.39 is 5.91 Å². The lowest BCUT2D eigenvalue weighted by atomic mass is 10.1. The first-order valence-corrected chi connectivity index (χ1v) is 12.8. The van der Waals surface area contributed by atoms with Crippen LogP contribution in [0, 0.1) is 0 Å². The second-order valence-electron chi connectivity index (χ2n) is 8.62. The summed E-state index contributed by atoms with van der Waals surface area (Å²) < 4.78 is 13.9. The Balaban J connectivity index is 1.46. The molecule has 0 radical (unpaired) electrons. The molecule has 9 heteroatoms. The van der Waals surface area contributed by atoms with E-state index in [-0.39, 0.29) is 12.5 Å². The third-order valence-corrected chi connectivity index (χ3v) is 7.56. The Morgan fingerprint density at radius 2 is 2.06 bits per heavy atom. The number of fused-ring (bicyclic) bond motifs is 1. The van der Waals surface area contributed by atoms with Gasteiger partial charge in [0.1, 0.15) is 17.5 Å². The largest absolute Gasteiger partial charge is 0.485 e. The lowest BCUT2D eigenvalue weighted by Crippen LogP contribution is -2.35. The zero-order chi connectivity index (χ0) is 24.4. The van der Waals surface area contributed by atoms with E-state index in [1.54, 1.807) is 0 Å². The summed E-state index contributed by atoms with van der Waals surface area (Å²) in [7, 11) is 0. The molecule has 1 fully saturated rings. The van der Waals surface area contributed by atoms with Crippen LogP contribution in [0.2, 0.25) is 5.02 Å². The number of carbonyl (C=O) groups is 1. The summed E-state index contributed by atoms with van der Waals surface area (Å²) in [5, 5.41) is 0.640. The predicted octanol–water partition coefficient (Wildman–Crippen LogP) is 4.72. The van der Waals surface area contributed by atoms with Crippen molar-refractivity contribution in [3.05, 3.63) is 75.9 Å². The number of amides is 1. The molecular weight excluding hydrogens is 484 g/mol. The number of pyridine rings is 1. The molecule has 7 nitrogen and oxygen atoms in total. The highest BCUT2D eigenvalue weighted by Gasteiger charge is 2.20. The van der Waals surface area contributed by atoms with E-state index in [2.05, 4.69) is 26.5 Å². The Labute approximate surface area is 213 Å². The van der Waals surface area contributed by atoms with Crippen molar-refractivity contribution in [2.45, 2.75) is 26.0 Å². The number of nitrogens with two attached hydrogens (primary N) is 1. The number of benzene rings is 1. The van der Waals surface area contributed by atoms with E-state index in [1.807, 2.05) is 49.5 Å². The van der Waals surface area contributed by atoms with Crippen molar-refractivity contribution in [3.8, 4) is 16.3 Å². The molecule has 1 amide bonds. The van der Waals surface area contributed by atoms with Crippen LogP contribution in [0.1, 0.15) is 29.0 Å². The molecule has 1 saturated heterocycles. The standard InChI is InChI=1S/C26H27ClN4O3S/c1-17(19-4-2-3-5-20(19)27)34-22-12-23(35-24(22)13-25(28)32)21-14-29-26-7-6-18(16-31(21)26)15-30-8-10-33-11-9-30/h2-7,12,14,16-17H,8-11,13,15H2,1H3,(H2,28,32). The number of morpholine rings is 1. The number of rotatable bonds is 8. The van der Waals surface area contributed by atoms with Gasteiger partial charge in [0.25, 0.3) is 0 Å². The minimum Gasteiger partial charge on any atom is -0.485 e. The molecule has 0 bridgehead atoms. The summed E-state index contributed by atoms with van der Waals surface area (Å²) in [6, 6.07) is 13.7. The molecule has 4 heterocycles. The van der Waals surface area contributed by atoms with Crippen molar-refractivity contribution in [2.75, 3.05) is 26.3 Å². The van der Waals surface area contributed by atoms with Crippen molar-refractivity contribution in [1.82, 2.24) is 14.3 Å². The number of halogens is 1. The van der Waals surface area contributed by atoms with Crippen LogP contribution < -0.4 is 10.5 Å². The van der Waals surface area contributed by atoms with Crippen LogP contribution in [-0.4, -0.2) is 46.5 Å². The summed E-state index contributed by atoms with van der Waals surface area (Å²) in [5.41, 5.74) is 9.44. The number of imidazole rings is 1. The molecule has 1 aliphatic rings. The molecule has 1 aromatic carbocycles. The van der Waals surface area contributed by atoms with E-state index in [9.17, 15) is 4.79 Å². The van der Waals surface area contributed by atoms with Crippen molar-refractivity contribution in [2.24, 2.45) is 5.73 Å². The summed E-state index contributed by atoms with van der Waals surface area (Å²) in [5.74, 6) is 0.232. The van der Waals surface area contributed by atoms with Crippen LogP contribution in [0.4, 0.5) is 0 Å². The van der Waals surface area contributed by atoms with Crippen LogP contribution in [0.3, 0.4) is 0 Å². The topological polar surface area (TPSA) is 82.1 Å². The highest BCUT2D eigenvalue weighted by molar-refractivity contribution is 7.15. The molecule has 182 valence electrons. The molecule has 2 N–H and O–H groups in total. The molecule has 0 spiro atoms. The molecule has 0 aliphatic carbocycles. The zero-order valence-corrected chi connectivity index (χ0v) is 21.0. The molecule has 1 unspecified atom stereocenters. The summed E-state index contributed by atoms with van der Waals surface area (Å²) in [6.07, 6.45) is 3.80. The molecule has 35 heavy (non-hydrogen) atoms. The molecule has 0 saturated carbocycles. The van der Waals surface area contributed by atoms with Gasteiger partial charge in [-0.2, -0.15) is 0 Å². The number of nitrogens with zero attached hydrogens (tertiary/aromatic N) is 3. The molecular formula is C26H27ClN4O3S. The first kappa shape index (κ1) is 23.8. The number of hydrogen-bond donors (Lipinski definition) is 1. The van der Waals surface area contributed by atoms with Gasteiger partial charge in [0, 0.05) is 42.5 Å². The number of thiophene rings is 1. The van der Waals surface area contributed by atoms with Crippen molar-refractivity contribution in [1.29, 1.82) is 0 Å². The first-order valence-electron chi connectivity index (χ1n) is 11.6. The Kier molecular flexibility index (Phi) is 7.06. The van der Waals surface area contributed by atoms with Crippen LogP contribution >= 0.6 is 22.9 Å². The quantitative estimate of drug-likeness (QED) is 0.371. The molecule has 5 rings (SSSR count). The van der Waals surface area contributed by atoms with Crippen LogP contribution in [-0.2, 0) is 22.5 Å². The Hall–Kier alpha value is -2.91. The fourth-order valence-electron chi connectivity index (χ4n) is 4.30. The van der Waals surface area contributed by atoms with Gasteiger partial charge in [-0.25, -0.2) is 4.98 Å². The van der Waals surface area contributed by atoms with E-state index >= 15 is 0 Å². The maximum absolute atomic E-state index is 11.8. The van der Waals surface area contributed by atoms with Gasteiger partial charge in [0.2, 0.25) is 5.91 Å². The van der Waals surface area contributed by atoms with Gasteiger partial charge in [-0.15, -0.1) is 11.3 Å². The van der Waals surface area contributed by atoms with Gasteiger partial charge >= 0.3 is 0 Å². The smallest absolute Gasteiger partial charge is 0.222 e. The van der Waals surface area contributed by atoms with E-state index in [1.165, 1.54) is 16.9 Å². The van der Waals surface area contributed by atoms with Gasteiger partial charge in [0.05, 0.1) is 41.3 Å². The average Bonchev–Trinajstić information content (AvgIpc) is 3.43. The highest BCUT2D eigenvalue weighted by Crippen LogP contribution is 2.39. The van der Waals surface area contributed by atoms with Gasteiger partial charge in [-0.3, -0.25) is 14.1 Å². The van der Waals surface area contributed by atoms with Crippen LogP contribution in [0.5, 0.6) is 5.75 Å². The van der Waals surface area contributed by atoms with Gasteiger partial charge in [0.15, 0.2) is 0 Å². The van der Waals surface area contributed by atoms with E-state index in [0.29, 0.717) is 10.8 Å². The Morgan fingerprint density at radius 1 is 1.26 bits per heavy atom. The van der Waals surface area contributed by atoms with Gasteiger partial charge in [-0.1, -0.05) is 35.9 Å². The van der Waals surface area contributed by atoms with Crippen LogP contribution in [0.25, 0.3) is 16.2 Å². The molecule has 1 aliphatic heterocycles. The summed E-state index contributed by atoms with van der Waals surface area (Å²) >= 11 is 7.87. The number of primary amides is 1. The van der Waals surface area contributed by atoms with Crippen molar-refractivity contribution < 1.29 is 14.3 Å². The van der Waals surface area contributed by atoms with Gasteiger partial charge < -0.3 is 15.2 Å². The summed E-state index contributed by atoms with van der Waals surface area (Å²) in [6.45, 7) is 6.20. The number of hydrogen-bond acceptors (Lipinski definition) is 6. The number of ether oxygens (including phenoxy) is 2. The van der Waals surface area contributed by atoms with Crippen molar-refractivity contribution in [3.63, 3.8) is 0 Å². The minimum absolute atomic E-state index is 0.105. The summed E-state index contributed by atoms with van der Waals surface area (Å²) in [4.78, 5) is 20.5. The van der Waals surface area contributed by atoms with Gasteiger partial charge in [-0.05, 0) is 24.6 Å². The SMILES string of the molecule is CC(Oc1cc(-c2cnc3ccc(CN4CCOCC4)cn23)sc1CC(N)=O)c1ccccc1Cl. The third-order valence-electron chi connectivity index (χ3n) is 6.08. The zero-order valence-electron chi connectivity index (χ0n) is 19.4. The predicted molar refractivity (Wildman–Crippen MR) is 138 cm³/mol. The number of aromatic nitrogens is 2. The molecule has 3 aromatic heterocycles. The third kappa shape index (κ3) is 5.36. The van der Waals surface area contributed by atoms with Crippen LogP contribution in [0.15, 0.2) is 54.9 Å². The fraction of sp³-hybridized carbons (Fsp3) is 0.308. The monoisotopic (exact) mass is 510 g/mol. The maximum atomic E-state index is 11.8. The average molecular weight is 511 g/mol. The Bertz CT molecular complexity index is 1350. The molecule has 4 aromatic rings. The maximum Gasteiger partial charge on any atom is 0.222 e. The minimum atomic E-state index is -0.403.